The third-order valence-electron chi connectivity index (χ3n) is 3.23. The van der Waals surface area contributed by atoms with Crippen LogP contribution < -0.4 is 9.47 Å². The van der Waals surface area contributed by atoms with Gasteiger partial charge in [-0.15, -0.1) is 20.4 Å². The van der Waals surface area contributed by atoms with Crippen LogP contribution in [0.1, 0.15) is 13.8 Å². The molecule has 0 aliphatic carbocycles. The van der Waals surface area contributed by atoms with Crippen molar-refractivity contribution in [3.63, 3.8) is 0 Å². The lowest BCUT2D eigenvalue weighted by Crippen LogP contribution is -2.02. The number of hydrogen-bond acceptors (Lipinski definition) is 8. The van der Waals surface area contributed by atoms with Gasteiger partial charge in [0.1, 0.15) is 11.5 Å². The Morgan fingerprint density at radius 3 is 1.19 bits per heavy atom. The Kier molecular flexibility index (Phi) is 4.93. The number of aromatic nitrogens is 4. The van der Waals surface area contributed by atoms with E-state index in [1.54, 1.807) is 48.5 Å². The van der Waals surface area contributed by atoms with Gasteiger partial charge in [-0.05, 0) is 48.5 Å². The minimum absolute atomic E-state index is 0.347. The van der Waals surface area contributed by atoms with Crippen LogP contribution in [0.25, 0.3) is 22.8 Å². The lowest BCUT2D eigenvalue weighted by Gasteiger charge is -2.04. The maximum atomic E-state index is 10.9. The van der Waals surface area contributed by atoms with Crippen molar-refractivity contribution < 1.29 is 19.1 Å². The highest BCUT2D eigenvalue weighted by molar-refractivity contribution is 5.70. The maximum Gasteiger partial charge on any atom is 0.308 e. The summed E-state index contributed by atoms with van der Waals surface area (Å²) >= 11 is 0. The average Bonchev–Trinajstić information content (AvgIpc) is 2.62. The van der Waals surface area contributed by atoms with E-state index in [-0.39, 0.29) is 11.9 Å². The third-order valence-corrected chi connectivity index (χ3v) is 3.23. The SMILES string of the molecule is CC(=O)Oc1ccc(-c2nnc(-c3ccc(OC(C)=O)cc3)nn2)cc1. The van der Waals surface area contributed by atoms with E-state index in [0.717, 1.165) is 0 Å². The zero-order valence-corrected chi connectivity index (χ0v) is 14.0. The average molecular weight is 350 g/mol. The van der Waals surface area contributed by atoms with Gasteiger partial charge in [-0.25, -0.2) is 0 Å². The zero-order valence-electron chi connectivity index (χ0n) is 14.0. The van der Waals surface area contributed by atoms with Crippen molar-refractivity contribution in [3.8, 4) is 34.3 Å². The minimum atomic E-state index is -0.388. The summed E-state index contributed by atoms with van der Waals surface area (Å²) in [6.45, 7) is 2.67. The van der Waals surface area contributed by atoms with Gasteiger partial charge in [-0.3, -0.25) is 9.59 Å². The normalized spacial score (nSPS) is 10.2. The van der Waals surface area contributed by atoms with E-state index in [1.807, 2.05) is 0 Å². The number of hydrogen-bond donors (Lipinski definition) is 0. The first-order valence-corrected chi connectivity index (χ1v) is 7.66. The molecule has 130 valence electrons. The molecule has 0 atom stereocenters. The third kappa shape index (κ3) is 4.23. The molecule has 0 spiro atoms. The fourth-order valence-electron chi connectivity index (χ4n) is 2.14. The molecule has 3 rings (SSSR count). The fourth-order valence-corrected chi connectivity index (χ4v) is 2.14. The van der Waals surface area contributed by atoms with E-state index >= 15 is 0 Å². The molecule has 0 aliphatic heterocycles. The lowest BCUT2D eigenvalue weighted by atomic mass is 10.2. The Hall–Kier alpha value is -3.68. The standard InChI is InChI=1S/C18H14N4O4/c1-11(23)25-15-7-3-13(4-8-15)17-19-21-18(22-20-17)14-5-9-16(10-6-14)26-12(2)24/h3-10H,1-2H3. The molecule has 8 nitrogen and oxygen atoms in total. The van der Waals surface area contributed by atoms with Crippen LogP contribution in [0.15, 0.2) is 48.5 Å². The predicted molar refractivity (Wildman–Crippen MR) is 91.1 cm³/mol. The summed E-state index contributed by atoms with van der Waals surface area (Å²) in [7, 11) is 0. The Morgan fingerprint density at radius 2 is 0.923 bits per heavy atom. The van der Waals surface area contributed by atoms with Gasteiger partial charge in [0, 0.05) is 25.0 Å². The van der Waals surface area contributed by atoms with Crippen molar-refractivity contribution in [2.24, 2.45) is 0 Å². The number of nitrogens with zero attached hydrogens (tertiary/aromatic N) is 4. The number of ether oxygens (including phenoxy) is 2. The second-order valence-electron chi connectivity index (χ2n) is 5.28. The topological polar surface area (TPSA) is 104 Å². The summed E-state index contributed by atoms with van der Waals surface area (Å²) in [5.41, 5.74) is 1.38. The molecular formula is C18H14N4O4. The Morgan fingerprint density at radius 1 is 0.615 bits per heavy atom. The van der Waals surface area contributed by atoms with Gasteiger partial charge in [0.25, 0.3) is 0 Å². The van der Waals surface area contributed by atoms with Crippen LogP contribution >= 0.6 is 0 Å². The van der Waals surface area contributed by atoms with Crippen LogP contribution in [0.5, 0.6) is 11.5 Å². The van der Waals surface area contributed by atoms with Gasteiger partial charge in [-0.2, -0.15) is 0 Å². The van der Waals surface area contributed by atoms with Gasteiger partial charge in [0.05, 0.1) is 0 Å². The van der Waals surface area contributed by atoms with Gasteiger partial charge in [0.2, 0.25) is 11.6 Å². The molecule has 0 bridgehead atoms. The highest BCUT2D eigenvalue weighted by Crippen LogP contribution is 2.21. The molecule has 1 heterocycles. The summed E-state index contributed by atoms with van der Waals surface area (Å²) in [6.07, 6.45) is 0. The Labute approximate surface area is 148 Å². The number of carbonyl (C=O) groups is 2. The molecular weight excluding hydrogens is 336 g/mol. The largest absolute Gasteiger partial charge is 0.427 e. The van der Waals surface area contributed by atoms with Crippen LogP contribution in [0.3, 0.4) is 0 Å². The Bertz CT molecular complexity index is 844. The first-order valence-electron chi connectivity index (χ1n) is 7.66. The smallest absolute Gasteiger partial charge is 0.308 e. The molecule has 1 aromatic heterocycles. The van der Waals surface area contributed by atoms with E-state index in [1.165, 1.54) is 13.8 Å². The molecule has 2 aromatic carbocycles. The molecule has 0 fully saturated rings. The summed E-state index contributed by atoms with van der Waals surface area (Å²) in [6, 6.07) is 13.4. The van der Waals surface area contributed by atoms with Crippen molar-refractivity contribution in [1.29, 1.82) is 0 Å². The maximum absolute atomic E-state index is 10.9. The summed E-state index contributed by atoms with van der Waals surface area (Å²) in [5.74, 6) is 0.792. The van der Waals surface area contributed by atoms with E-state index in [9.17, 15) is 9.59 Å². The monoisotopic (exact) mass is 350 g/mol. The van der Waals surface area contributed by atoms with Crippen LogP contribution in [0, 0.1) is 0 Å². The van der Waals surface area contributed by atoms with Crippen molar-refractivity contribution in [1.82, 2.24) is 20.4 Å². The van der Waals surface area contributed by atoms with Crippen LogP contribution in [-0.4, -0.2) is 32.3 Å². The number of benzene rings is 2. The molecule has 3 aromatic rings. The quantitative estimate of drug-likeness (QED) is 0.522. The molecule has 0 amide bonds. The molecule has 26 heavy (non-hydrogen) atoms. The van der Waals surface area contributed by atoms with Crippen LogP contribution in [0.2, 0.25) is 0 Å². The van der Waals surface area contributed by atoms with E-state index in [4.69, 9.17) is 9.47 Å². The highest BCUT2D eigenvalue weighted by Gasteiger charge is 2.08. The predicted octanol–water partition coefficient (Wildman–Crippen LogP) is 2.45. The summed E-state index contributed by atoms with van der Waals surface area (Å²) < 4.78 is 9.95. The van der Waals surface area contributed by atoms with E-state index in [2.05, 4.69) is 20.4 Å². The fraction of sp³-hybridized carbons (Fsp3) is 0.111. The van der Waals surface area contributed by atoms with Crippen LogP contribution in [-0.2, 0) is 9.59 Å². The minimum Gasteiger partial charge on any atom is -0.427 e. The molecule has 0 N–H and O–H groups in total. The van der Waals surface area contributed by atoms with Crippen molar-refractivity contribution in [2.45, 2.75) is 13.8 Å². The molecule has 8 heteroatoms. The van der Waals surface area contributed by atoms with Gasteiger partial charge in [-0.1, -0.05) is 0 Å². The van der Waals surface area contributed by atoms with E-state index < -0.39 is 0 Å². The van der Waals surface area contributed by atoms with Crippen molar-refractivity contribution >= 4 is 11.9 Å². The van der Waals surface area contributed by atoms with Crippen molar-refractivity contribution in [3.05, 3.63) is 48.5 Å². The highest BCUT2D eigenvalue weighted by atomic mass is 16.5. The Balaban J connectivity index is 1.75. The van der Waals surface area contributed by atoms with Gasteiger partial charge < -0.3 is 9.47 Å². The first kappa shape index (κ1) is 17.2. The van der Waals surface area contributed by atoms with Crippen molar-refractivity contribution in [2.75, 3.05) is 0 Å². The number of carbonyl (C=O) groups excluding carboxylic acids is 2. The number of esters is 2. The second-order valence-corrected chi connectivity index (χ2v) is 5.28. The molecule has 0 radical (unpaired) electrons. The van der Waals surface area contributed by atoms with Crippen LogP contribution in [0.4, 0.5) is 0 Å². The molecule has 0 saturated heterocycles. The molecule has 0 aliphatic rings. The zero-order chi connectivity index (χ0) is 18.5. The lowest BCUT2D eigenvalue weighted by molar-refractivity contribution is -0.132. The van der Waals surface area contributed by atoms with Gasteiger partial charge in [0.15, 0.2) is 0 Å². The summed E-state index contributed by atoms with van der Waals surface area (Å²) in [4.78, 5) is 21.8. The van der Waals surface area contributed by atoms with Gasteiger partial charge >= 0.3 is 11.9 Å². The second kappa shape index (κ2) is 7.47. The number of rotatable bonds is 4. The first-order chi connectivity index (χ1) is 12.5. The molecule has 0 saturated carbocycles. The molecule has 0 unspecified atom stereocenters. The summed E-state index contributed by atoms with van der Waals surface area (Å²) in [5, 5.41) is 16.3. The van der Waals surface area contributed by atoms with E-state index in [0.29, 0.717) is 34.3 Å².